The number of nitrogens with one attached hydrogen (secondary N) is 1. The minimum atomic E-state index is -0.436. The van der Waals surface area contributed by atoms with E-state index in [1.54, 1.807) is 6.07 Å². The predicted molar refractivity (Wildman–Crippen MR) is 87.4 cm³/mol. The van der Waals surface area contributed by atoms with E-state index in [0.717, 1.165) is 22.0 Å². The summed E-state index contributed by atoms with van der Waals surface area (Å²) in [6, 6.07) is 23.4. The molecule has 0 amide bonds. The van der Waals surface area contributed by atoms with Gasteiger partial charge in [0, 0.05) is 0 Å². The van der Waals surface area contributed by atoms with Crippen LogP contribution in [0, 0.1) is 11.3 Å². The van der Waals surface area contributed by atoms with Crippen LogP contribution in [-0.4, -0.2) is 0 Å². The highest BCUT2D eigenvalue weighted by molar-refractivity contribution is 6.33. The van der Waals surface area contributed by atoms with E-state index in [1.165, 1.54) is 0 Å². The maximum Gasteiger partial charge on any atom is 0.140 e. The van der Waals surface area contributed by atoms with Gasteiger partial charge in [0.15, 0.2) is 0 Å². The van der Waals surface area contributed by atoms with Crippen LogP contribution in [0.1, 0.15) is 11.6 Å². The van der Waals surface area contributed by atoms with E-state index in [-0.39, 0.29) is 0 Å². The summed E-state index contributed by atoms with van der Waals surface area (Å²) in [5.41, 5.74) is 1.69. The Labute approximate surface area is 128 Å². The predicted octanol–water partition coefficient (Wildman–Crippen LogP) is 5.17. The number of nitrogens with zero attached hydrogens (tertiary/aromatic N) is 1. The largest absolute Gasteiger partial charge is 0.365 e. The SMILES string of the molecule is N#CC(Nc1ccccc1Cl)c1ccc2ccccc2c1. The van der Waals surface area contributed by atoms with Gasteiger partial charge in [0.25, 0.3) is 0 Å². The molecule has 0 radical (unpaired) electrons. The summed E-state index contributed by atoms with van der Waals surface area (Å²) in [5, 5.41) is 15.5. The van der Waals surface area contributed by atoms with Crippen molar-refractivity contribution in [3.8, 4) is 6.07 Å². The van der Waals surface area contributed by atoms with Gasteiger partial charge < -0.3 is 5.32 Å². The Balaban J connectivity index is 1.95. The van der Waals surface area contributed by atoms with Gasteiger partial charge in [-0.3, -0.25) is 0 Å². The number of benzene rings is 3. The van der Waals surface area contributed by atoms with E-state index in [0.29, 0.717) is 5.02 Å². The summed E-state index contributed by atoms with van der Waals surface area (Å²) in [4.78, 5) is 0. The van der Waals surface area contributed by atoms with E-state index in [1.807, 2.05) is 54.6 Å². The molecule has 1 atom stereocenters. The molecular formula is C18H13ClN2. The zero-order valence-corrected chi connectivity index (χ0v) is 12.0. The first-order chi connectivity index (χ1) is 10.3. The van der Waals surface area contributed by atoms with Crippen LogP contribution in [-0.2, 0) is 0 Å². The topological polar surface area (TPSA) is 35.8 Å². The second-order valence-electron chi connectivity index (χ2n) is 4.79. The van der Waals surface area contributed by atoms with E-state index < -0.39 is 6.04 Å². The number of rotatable bonds is 3. The summed E-state index contributed by atoms with van der Waals surface area (Å²) in [5.74, 6) is 0. The number of hydrogen-bond acceptors (Lipinski definition) is 2. The third-order valence-electron chi connectivity index (χ3n) is 3.41. The Morgan fingerprint density at radius 3 is 2.38 bits per heavy atom. The molecule has 3 aromatic carbocycles. The van der Waals surface area contributed by atoms with Crippen molar-refractivity contribution < 1.29 is 0 Å². The summed E-state index contributed by atoms with van der Waals surface area (Å²) in [6.07, 6.45) is 0. The monoisotopic (exact) mass is 292 g/mol. The lowest BCUT2D eigenvalue weighted by molar-refractivity contribution is 1.00. The Hall–Kier alpha value is -2.50. The maximum absolute atomic E-state index is 9.45. The fraction of sp³-hybridized carbons (Fsp3) is 0.0556. The van der Waals surface area contributed by atoms with Crippen molar-refractivity contribution in [2.75, 3.05) is 5.32 Å². The van der Waals surface area contributed by atoms with Gasteiger partial charge in [-0.1, -0.05) is 60.1 Å². The van der Waals surface area contributed by atoms with Gasteiger partial charge in [0.1, 0.15) is 6.04 Å². The van der Waals surface area contributed by atoms with Crippen LogP contribution in [0.15, 0.2) is 66.7 Å². The van der Waals surface area contributed by atoms with E-state index in [2.05, 4.69) is 17.5 Å². The highest BCUT2D eigenvalue weighted by Crippen LogP contribution is 2.27. The molecule has 0 saturated carbocycles. The van der Waals surface area contributed by atoms with Crippen LogP contribution in [0.2, 0.25) is 5.02 Å². The van der Waals surface area contributed by atoms with Crippen molar-refractivity contribution in [1.82, 2.24) is 0 Å². The molecule has 21 heavy (non-hydrogen) atoms. The molecule has 3 rings (SSSR count). The van der Waals surface area contributed by atoms with Crippen molar-refractivity contribution in [2.24, 2.45) is 0 Å². The average Bonchev–Trinajstić information content (AvgIpc) is 2.54. The zero-order valence-electron chi connectivity index (χ0n) is 11.3. The van der Waals surface area contributed by atoms with Crippen molar-refractivity contribution >= 4 is 28.1 Å². The first-order valence-corrected chi connectivity index (χ1v) is 7.05. The highest BCUT2D eigenvalue weighted by atomic mass is 35.5. The van der Waals surface area contributed by atoms with Gasteiger partial charge >= 0.3 is 0 Å². The molecule has 0 heterocycles. The number of para-hydroxylation sites is 1. The Kier molecular flexibility index (Phi) is 3.77. The molecule has 1 N–H and O–H groups in total. The molecule has 0 saturated heterocycles. The second-order valence-corrected chi connectivity index (χ2v) is 5.20. The molecular weight excluding hydrogens is 280 g/mol. The van der Waals surface area contributed by atoms with Crippen LogP contribution in [0.3, 0.4) is 0 Å². The molecule has 2 nitrogen and oxygen atoms in total. The van der Waals surface area contributed by atoms with E-state index in [9.17, 15) is 5.26 Å². The number of nitriles is 1. The summed E-state index contributed by atoms with van der Waals surface area (Å²) < 4.78 is 0. The van der Waals surface area contributed by atoms with Gasteiger partial charge in [0.2, 0.25) is 0 Å². The molecule has 0 spiro atoms. The molecule has 102 valence electrons. The lowest BCUT2D eigenvalue weighted by atomic mass is 10.0. The van der Waals surface area contributed by atoms with E-state index in [4.69, 9.17) is 11.6 Å². The maximum atomic E-state index is 9.45. The molecule has 3 heteroatoms. The Morgan fingerprint density at radius 1 is 0.905 bits per heavy atom. The summed E-state index contributed by atoms with van der Waals surface area (Å²) in [7, 11) is 0. The average molecular weight is 293 g/mol. The number of hydrogen-bond donors (Lipinski definition) is 1. The molecule has 0 aromatic heterocycles. The van der Waals surface area contributed by atoms with Crippen molar-refractivity contribution in [3.05, 3.63) is 77.3 Å². The lowest BCUT2D eigenvalue weighted by Crippen LogP contribution is -2.08. The molecule has 0 bridgehead atoms. The van der Waals surface area contributed by atoms with E-state index >= 15 is 0 Å². The van der Waals surface area contributed by atoms with Crippen LogP contribution in [0.4, 0.5) is 5.69 Å². The fourth-order valence-electron chi connectivity index (χ4n) is 2.31. The molecule has 1 unspecified atom stereocenters. The first-order valence-electron chi connectivity index (χ1n) is 6.67. The van der Waals surface area contributed by atoms with Gasteiger partial charge in [-0.05, 0) is 34.5 Å². The van der Waals surface area contributed by atoms with Gasteiger partial charge in [0.05, 0.1) is 16.8 Å². The smallest absolute Gasteiger partial charge is 0.140 e. The number of anilines is 1. The third-order valence-corrected chi connectivity index (χ3v) is 3.74. The van der Waals surface area contributed by atoms with Crippen molar-refractivity contribution in [1.29, 1.82) is 5.26 Å². The van der Waals surface area contributed by atoms with Crippen LogP contribution in [0.5, 0.6) is 0 Å². The van der Waals surface area contributed by atoms with Crippen LogP contribution < -0.4 is 5.32 Å². The molecule has 0 aliphatic heterocycles. The van der Waals surface area contributed by atoms with Crippen LogP contribution >= 0.6 is 11.6 Å². The molecule has 3 aromatic rings. The first kappa shape index (κ1) is 13.5. The molecule has 0 aliphatic carbocycles. The summed E-state index contributed by atoms with van der Waals surface area (Å²) >= 11 is 6.14. The Bertz CT molecular complexity index is 821. The van der Waals surface area contributed by atoms with Crippen molar-refractivity contribution in [2.45, 2.75) is 6.04 Å². The van der Waals surface area contributed by atoms with Gasteiger partial charge in [-0.2, -0.15) is 5.26 Å². The standard InChI is InChI=1S/C18H13ClN2/c19-16-7-3-4-8-17(16)21-18(12-20)15-10-9-13-5-1-2-6-14(13)11-15/h1-11,18,21H. The minimum Gasteiger partial charge on any atom is -0.365 e. The van der Waals surface area contributed by atoms with Crippen molar-refractivity contribution in [3.63, 3.8) is 0 Å². The Morgan fingerprint density at radius 2 is 1.62 bits per heavy atom. The van der Waals surface area contributed by atoms with Crippen LogP contribution in [0.25, 0.3) is 10.8 Å². The quantitative estimate of drug-likeness (QED) is 0.723. The van der Waals surface area contributed by atoms with Gasteiger partial charge in [-0.25, -0.2) is 0 Å². The minimum absolute atomic E-state index is 0.436. The number of fused-ring (bicyclic) bond motifs is 1. The lowest BCUT2D eigenvalue weighted by Gasteiger charge is -2.15. The second kappa shape index (κ2) is 5.87. The highest BCUT2D eigenvalue weighted by Gasteiger charge is 2.12. The normalized spacial score (nSPS) is 11.8. The third kappa shape index (κ3) is 2.84. The number of halogens is 1. The molecule has 0 fully saturated rings. The zero-order chi connectivity index (χ0) is 14.7. The molecule has 0 aliphatic rings. The van der Waals surface area contributed by atoms with Gasteiger partial charge in [-0.15, -0.1) is 0 Å². The fourth-order valence-corrected chi connectivity index (χ4v) is 2.50. The summed E-state index contributed by atoms with van der Waals surface area (Å²) in [6.45, 7) is 0.